The number of benzene rings is 1. The Hall–Kier alpha value is -0.100. The van der Waals surface area contributed by atoms with Gasteiger partial charge in [0.25, 0.3) is 5.91 Å². The normalized spacial score (nSPS) is 20.4. The van der Waals surface area contributed by atoms with Crippen LogP contribution in [0.3, 0.4) is 0 Å². The zero-order valence-corrected chi connectivity index (χ0v) is 13.5. The summed E-state index contributed by atoms with van der Waals surface area (Å²) >= 11 is 5.71. The Labute approximate surface area is 124 Å². The molecule has 0 aromatic heterocycles. The third kappa shape index (κ3) is 3.02. The Morgan fingerprint density at radius 1 is 1.47 bits per heavy atom. The van der Waals surface area contributed by atoms with Crippen molar-refractivity contribution in [2.24, 2.45) is 0 Å². The molecule has 1 fully saturated rings. The highest BCUT2D eigenvalue weighted by Gasteiger charge is 2.25. The van der Waals surface area contributed by atoms with Gasteiger partial charge in [-0.1, -0.05) is 0 Å². The first-order valence-corrected chi connectivity index (χ1v) is 7.73. The first kappa shape index (κ1) is 13.3. The van der Waals surface area contributed by atoms with Crippen LogP contribution in [0.15, 0.2) is 22.7 Å². The molecular weight excluding hydrogens is 393 g/mol. The molecule has 1 heterocycles. The fourth-order valence-electron chi connectivity index (χ4n) is 2.22. The molecule has 2 nitrogen and oxygen atoms in total. The Bertz CT molecular complexity index is 435. The van der Waals surface area contributed by atoms with Crippen molar-refractivity contribution in [2.45, 2.75) is 32.2 Å². The number of hydrogen-bond donors (Lipinski definition) is 0. The number of nitrogens with zero attached hydrogens (tertiary/aromatic N) is 1. The van der Waals surface area contributed by atoms with E-state index in [1.165, 1.54) is 6.42 Å². The third-order valence-electron chi connectivity index (χ3n) is 3.22. The predicted octanol–water partition coefficient (Wildman–Crippen LogP) is 4.07. The van der Waals surface area contributed by atoms with E-state index in [1.807, 2.05) is 23.1 Å². The maximum atomic E-state index is 12.5. The highest BCUT2D eigenvalue weighted by atomic mass is 127. The van der Waals surface area contributed by atoms with Crippen molar-refractivity contribution in [2.75, 3.05) is 6.54 Å². The Balaban J connectivity index is 2.26. The molecule has 0 spiro atoms. The van der Waals surface area contributed by atoms with Crippen molar-refractivity contribution in [3.8, 4) is 0 Å². The van der Waals surface area contributed by atoms with E-state index >= 15 is 0 Å². The lowest BCUT2D eigenvalue weighted by molar-refractivity contribution is 0.0634. The number of carbonyl (C=O) groups excluding carboxylic acids is 1. The molecule has 1 aliphatic rings. The van der Waals surface area contributed by atoms with Crippen LogP contribution in [0.25, 0.3) is 0 Å². The fourth-order valence-corrected chi connectivity index (χ4v) is 3.12. The average Bonchev–Trinajstić information content (AvgIpc) is 2.32. The van der Waals surface area contributed by atoms with Crippen LogP contribution in [0.1, 0.15) is 36.5 Å². The monoisotopic (exact) mass is 407 g/mol. The zero-order chi connectivity index (χ0) is 12.4. The van der Waals surface area contributed by atoms with Crippen LogP contribution in [0.5, 0.6) is 0 Å². The third-order valence-corrected chi connectivity index (χ3v) is 4.59. The summed E-state index contributed by atoms with van der Waals surface area (Å²) in [6, 6.07) is 6.26. The topological polar surface area (TPSA) is 20.3 Å². The van der Waals surface area contributed by atoms with Crippen LogP contribution in [0.2, 0.25) is 0 Å². The van der Waals surface area contributed by atoms with Crippen LogP contribution < -0.4 is 0 Å². The zero-order valence-electron chi connectivity index (χ0n) is 9.75. The van der Waals surface area contributed by atoms with Crippen molar-refractivity contribution < 1.29 is 4.79 Å². The van der Waals surface area contributed by atoms with Gasteiger partial charge in [0.2, 0.25) is 0 Å². The standard InChI is InChI=1S/C13H15BrINO/c1-9-4-2-3-7-16(9)13(17)11-8-10(15)5-6-12(11)14/h5-6,8-9H,2-4,7H2,1H3. The molecule has 0 radical (unpaired) electrons. The van der Waals surface area contributed by atoms with E-state index in [4.69, 9.17) is 0 Å². The van der Waals surface area contributed by atoms with Crippen LogP contribution in [0.4, 0.5) is 0 Å². The molecule has 92 valence electrons. The Kier molecular flexibility index (Phi) is 4.47. The summed E-state index contributed by atoms with van der Waals surface area (Å²) in [7, 11) is 0. The van der Waals surface area contributed by atoms with E-state index in [0.29, 0.717) is 6.04 Å². The summed E-state index contributed by atoms with van der Waals surface area (Å²) in [6.07, 6.45) is 3.48. The second-order valence-corrected chi connectivity index (χ2v) is 6.57. The SMILES string of the molecule is CC1CCCCN1C(=O)c1cc(I)ccc1Br. The highest BCUT2D eigenvalue weighted by molar-refractivity contribution is 14.1. The minimum absolute atomic E-state index is 0.155. The summed E-state index contributed by atoms with van der Waals surface area (Å²) in [6.45, 7) is 3.02. The van der Waals surface area contributed by atoms with E-state index in [9.17, 15) is 4.79 Å². The summed E-state index contributed by atoms with van der Waals surface area (Å²) in [5, 5.41) is 0. The molecule has 0 N–H and O–H groups in total. The molecule has 2 rings (SSSR count). The van der Waals surface area contributed by atoms with Crippen LogP contribution in [-0.2, 0) is 0 Å². The summed E-state index contributed by atoms with van der Waals surface area (Å²) in [5.74, 6) is 0.155. The number of carbonyl (C=O) groups is 1. The van der Waals surface area contributed by atoms with Crippen LogP contribution >= 0.6 is 38.5 Å². The second-order valence-electron chi connectivity index (χ2n) is 4.47. The summed E-state index contributed by atoms with van der Waals surface area (Å²) in [5.41, 5.74) is 0.783. The van der Waals surface area contributed by atoms with Gasteiger partial charge in [0.15, 0.2) is 0 Å². The highest BCUT2D eigenvalue weighted by Crippen LogP contribution is 2.24. The van der Waals surface area contributed by atoms with Crippen molar-refractivity contribution in [1.82, 2.24) is 4.90 Å². The van der Waals surface area contributed by atoms with Gasteiger partial charge in [0.1, 0.15) is 0 Å². The van der Waals surface area contributed by atoms with Gasteiger partial charge < -0.3 is 4.90 Å². The average molecular weight is 408 g/mol. The summed E-state index contributed by atoms with van der Waals surface area (Å²) < 4.78 is 1.99. The Morgan fingerprint density at radius 2 is 2.24 bits per heavy atom. The first-order chi connectivity index (χ1) is 8.09. The molecule has 1 saturated heterocycles. The van der Waals surface area contributed by atoms with Crippen LogP contribution in [-0.4, -0.2) is 23.4 Å². The molecule has 17 heavy (non-hydrogen) atoms. The summed E-state index contributed by atoms with van der Waals surface area (Å²) in [4.78, 5) is 14.5. The van der Waals surface area contributed by atoms with Crippen molar-refractivity contribution in [3.05, 3.63) is 31.8 Å². The van der Waals surface area contributed by atoms with E-state index < -0.39 is 0 Å². The van der Waals surface area contributed by atoms with E-state index in [1.54, 1.807) is 0 Å². The molecular formula is C13H15BrINO. The fraction of sp³-hybridized carbons (Fsp3) is 0.462. The lowest BCUT2D eigenvalue weighted by atomic mass is 10.0. The number of rotatable bonds is 1. The molecule has 0 saturated carbocycles. The molecule has 1 amide bonds. The number of halogens is 2. The number of hydrogen-bond acceptors (Lipinski definition) is 1. The second kappa shape index (κ2) is 5.69. The van der Waals surface area contributed by atoms with E-state index in [-0.39, 0.29) is 5.91 Å². The lowest BCUT2D eigenvalue weighted by Crippen LogP contribution is -2.42. The van der Waals surface area contributed by atoms with Gasteiger partial charge in [0, 0.05) is 20.6 Å². The molecule has 1 unspecified atom stereocenters. The predicted molar refractivity (Wildman–Crippen MR) is 81.2 cm³/mol. The minimum atomic E-state index is 0.155. The minimum Gasteiger partial charge on any atom is -0.336 e. The maximum Gasteiger partial charge on any atom is 0.255 e. The first-order valence-electron chi connectivity index (χ1n) is 5.85. The van der Waals surface area contributed by atoms with Crippen molar-refractivity contribution in [3.63, 3.8) is 0 Å². The largest absolute Gasteiger partial charge is 0.336 e. The van der Waals surface area contributed by atoms with Crippen molar-refractivity contribution >= 4 is 44.4 Å². The molecule has 4 heteroatoms. The molecule has 1 atom stereocenters. The van der Waals surface area contributed by atoms with Gasteiger partial charge >= 0.3 is 0 Å². The Morgan fingerprint density at radius 3 is 2.94 bits per heavy atom. The molecule has 0 bridgehead atoms. The maximum absolute atomic E-state index is 12.5. The van der Waals surface area contributed by atoms with Gasteiger partial charge in [-0.05, 0) is 82.9 Å². The quantitative estimate of drug-likeness (QED) is 0.642. The van der Waals surface area contributed by atoms with E-state index in [0.717, 1.165) is 33.0 Å². The van der Waals surface area contributed by atoms with Crippen LogP contribution in [0, 0.1) is 3.57 Å². The van der Waals surface area contributed by atoms with Gasteiger partial charge in [-0.3, -0.25) is 4.79 Å². The number of piperidine rings is 1. The molecule has 0 aliphatic carbocycles. The van der Waals surface area contributed by atoms with E-state index in [2.05, 4.69) is 45.4 Å². The smallest absolute Gasteiger partial charge is 0.255 e. The van der Waals surface area contributed by atoms with Crippen molar-refractivity contribution in [1.29, 1.82) is 0 Å². The lowest BCUT2D eigenvalue weighted by Gasteiger charge is -2.33. The molecule has 1 aliphatic heterocycles. The molecule has 1 aromatic rings. The van der Waals surface area contributed by atoms with Gasteiger partial charge in [-0.2, -0.15) is 0 Å². The number of amides is 1. The molecule has 1 aromatic carbocycles. The number of likely N-dealkylation sites (tertiary alicyclic amines) is 1. The van der Waals surface area contributed by atoms with Gasteiger partial charge in [0.05, 0.1) is 5.56 Å². The van der Waals surface area contributed by atoms with Gasteiger partial charge in [-0.15, -0.1) is 0 Å². The van der Waals surface area contributed by atoms with Gasteiger partial charge in [-0.25, -0.2) is 0 Å².